The van der Waals surface area contributed by atoms with Crippen molar-refractivity contribution in [1.29, 1.82) is 0 Å². The molecular formula is C22H26N4. The summed E-state index contributed by atoms with van der Waals surface area (Å²) in [6.07, 6.45) is 4.57. The molecule has 1 aliphatic rings. The number of benzene rings is 1. The molecule has 0 bridgehead atoms. The third-order valence-corrected chi connectivity index (χ3v) is 4.95. The summed E-state index contributed by atoms with van der Waals surface area (Å²) in [5.41, 5.74) is 8.62. The lowest BCUT2D eigenvalue weighted by molar-refractivity contribution is 0.280. The fraction of sp³-hybridized carbons (Fsp3) is 0.364. The minimum Gasteiger partial charge on any atom is -0.342 e. The van der Waals surface area contributed by atoms with Crippen LogP contribution in [0.1, 0.15) is 34.8 Å². The van der Waals surface area contributed by atoms with E-state index in [9.17, 15) is 0 Å². The van der Waals surface area contributed by atoms with E-state index in [1.54, 1.807) is 0 Å². The lowest BCUT2D eigenvalue weighted by Crippen LogP contribution is -2.30. The second kappa shape index (κ2) is 7.04. The Balaban J connectivity index is 1.44. The largest absolute Gasteiger partial charge is 0.342 e. The number of hydrogen-bond acceptors (Lipinski definition) is 3. The van der Waals surface area contributed by atoms with E-state index in [4.69, 9.17) is 0 Å². The van der Waals surface area contributed by atoms with Gasteiger partial charge in [-0.15, -0.1) is 0 Å². The third-order valence-electron chi connectivity index (χ3n) is 4.95. The quantitative estimate of drug-likeness (QED) is 0.718. The van der Waals surface area contributed by atoms with Crippen LogP contribution >= 0.6 is 0 Å². The van der Waals surface area contributed by atoms with Crippen molar-refractivity contribution < 1.29 is 0 Å². The minimum atomic E-state index is 0.975. The first-order valence-electron chi connectivity index (χ1n) is 9.35. The van der Waals surface area contributed by atoms with E-state index in [0.717, 1.165) is 60.7 Å². The van der Waals surface area contributed by atoms with Crippen molar-refractivity contribution in [2.45, 2.75) is 40.2 Å². The Kier molecular flexibility index (Phi) is 4.60. The summed E-state index contributed by atoms with van der Waals surface area (Å²) in [6, 6.07) is 11.0. The molecule has 0 spiro atoms. The Morgan fingerprint density at radius 2 is 1.81 bits per heavy atom. The maximum absolute atomic E-state index is 4.56. The van der Waals surface area contributed by atoms with Crippen LogP contribution in [0.15, 0.2) is 42.0 Å². The molecule has 1 aliphatic heterocycles. The second-order valence-electron chi connectivity index (χ2n) is 7.47. The van der Waals surface area contributed by atoms with Gasteiger partial charge in [-0.3, -0.25) is 9.88 Å². The SMILES string of the molecule is Cc1cc(CC2=CCCN(Cc3ccc4[nH]c(C)nc4c3)C2)cc(C)n1. The number of aryl methyl sites for hydroxylation is 3. The van der Waals surface area contributed by atoms with Crippen LogP contribution in [0.4, 0.5) is 0 Å². The molecule has 4 nitrogen and oxygen atoms in total. The Morgan fingerprint density at radius 3 is 2.62 bits per heavy atom. The van der Waals surface area contributed by atoms with E-state index >= 15 is 0 Å². The van der Waals surface area contributed by atoms with Gasteiger partial charge in [0.05, 0.1) is 11.0 Å². The van der Waals surface area contributed by atoms with Gasteiger partial charge in [-0.25, -0.2) is 4.98 Å². The minimum absolute atomic E-state index is 0.975. The topological polar surface area (TPSA) is 44.8 Å². The number of fused-ring (bicyclic) bond motifs is 1. The number of nitrogens with zero attached hydrogens (tertiary/aromatic N) is 3. The lowest BCUT2D eigenvalue weighted by Gasteiger charge is -2.27. The van der Waals surface area contributed by atoms with Crippen LogP contribution in [-0.4, -0.2) is 32.9 Å². The average Bonchev–Trinajstić information content (AvgIpc) is 2.93. The fourth-order valence-electron chi connectivity index (χ4n) is 3.97. The van der Waals surface area contributed by atoms with Gasteiger partial charge < -0.3 is 4.98 Å². The maximum atomic E-state index is 4.56. The summed E-state index contributed by atoms with van der Waals surface area (Å²) in [6.45, 7) is 9.29. The van der Waals surface area contributed by atoms with Gasteiger partial charge in [0.1, 0.15) is 5.82 Å². The summed E-state index contributed by atoms with van der Waals surface area (Å²) in [5, 5.41) is 0. The zero-order valence-corrected chi connectivity index (χ0v) is 15.8. The Morgan fingerprint density at radius 1 is 1.00 bits per heavy atom. The molecule has 2 aromatic heterocycles. The van der Waals surface area contributed by atoms with Crippen molar-refractivity contribution in [1.82, 2.24) is 19.9 Å². The number of imidazole rings is 1. The van der Waals surface area contributed by atoms with E-state index in [2.05, 4.69) is 70.1 Å². The zero-order chi connectivity index (χ0) is 18.1. The molecule has 1 aromatic carbocycles. The number of nitrogens with one attached hydrogen (secondary N) is 1. The van der Waals surface area contributed by atoms with Gasteiger partial charge in [0.15, 0.2) is 0 Å². The highest BCUT2D eigenvalue weighted by Gasteiger charge is 2.14. The van der Waals surface area contributed by atoms with E-state index in [1.807, 2.05) is 6.92 Å². The predicted molar refractivity (Wildman–Crippen MR) is 106 cm³/mol. The molecule has 0 saturated heterocycles. The van der Waals surface area contributed by atoms with Crippen LogP contribution in [0.5, 0.6) is 0 Å². The molecule has 3 aromatic rings. The summed E-state index contributed by atoms with van der Waals surface area (Å²) < 4.78 is 0. The van der Waals surface area contributed by atoms with Gasteiger partial charge in [0, 0.05) is 31.0 Å². The molecule has 0 radical (unpaired) electrons. The Labute approximate surface area is 155 Å². The normalized spacial score (nSPS) is 15.4. The summed E-state index contributed by atoms with van der Waals surface area (Å²) in [5.74, 6) is 0.975. The van der Waals surface area contributed by atoms with Gasteiger partial charge in [0.2, 0.25) is 0 Å². The molecule has 4 heteroatoms. The van der Waals surface area contributed by atoms with E-state index in [1.165, 1.54) is 16.7 Å². The summed E-state index contributed by atoms with van der Waals surface area (Å²) in [7, 11) is 0. The highest BCUT2D eigenvalue weighted by atomic mass is 15.1. The van der Waals surface area contributed by atoms with Gasteiger partial charge >= 0.3 is 0 Å². The Hall–Kier alpha value is -2.46. The van der Waals surface area contributed by atoms with Crippen molar-refractivity contribution >= 4 is 11.0 Å². The molecular weight excluding hydrogens is 320 g/mol. The van der Waals surface area contributed by atoms with E-state index < -0.39 is 0 Å². The summed E-state index contributed by atoms with van der Waals surface area (Å²) >= 11 is 0. The summed E-state index contributed by atoms with van der Waals surface area (Å²) in [4.78, 5) is 14.9. The van der Waals surface area contributed by atoms with Gasteiger partial charge in [-0.05, 0) is 69.0 Å². The van der Waals surface area contributed by atoms with Crippen molar-refractivity contribution in [2.75, 3.05) is 13.1 Å². The highest BCUT2D eigenvalue weighted by molar-refractivity contribution is 5.75. The number of rotatable bonds is 4. The Bertz CT molecular complexity index is 947. The fourth-order valence-corrected chi connectivity index (χ4v) is 3.97. The maximum Gasteiger partial charge on any atom is 0.104 e. The number of pyridine rings is 1. The van der Waals surface area contributed by atoms with Crippen molar-refractivity contribution in [2.24, 2.45) is 0 Å². The van der Waals surface area contributed by atoms with Crippen LogP contribution in [0, 0.1) is 20.8 Å². The first kappa shape index (κ1) is 17.0. The molecule has 4 rings (SSSR count). The molecule has 0 unspecified atom stereocenters. The van der Waals surface area contributed by atoms with Crippen molar-refractivity contribution in [3.8, 4) is 0 Å². The van der Waals surface area contributed by atoms with Crippen LogP contribution in [-0.2, 0) is 13.0 Å². The predicted octanol–water partition coefficient (Wildman–Crippen LogP) is 4.26. The average molecular weight is 346 g/mol. The molecule has 0 aliphatic carbocycles. The van der Waals surface area contributed by atoms with Crippen LogP contribution in [0.25, 0.3) is 11.0 Å². The van der Waals surface area contributed by atoms with Crippen molar-refractivity contribution in [3.63, 3.8) is 0 Å². The molecule has 134 valence electrons. The van der Waals surface area contributed by atoms with Gasteiger partial charge in [-0.1, -0.05) is 17.7 Å². The lowest BCUT2D eigenvalue weighted by atomic mass is 10.00. The molecule has 0 fully saturated rings. The first-order chi connectivity index (χ1) is 12.5. The van der Waals surface area contributed by atoms with E-state index in [-0.39, 0.29) is 0 Å². The van der Waals surface area contributed by atoms with E-state index in [0.29, 0.717) is 0 Å². The van der Waals surface area contributed by atoms with Crippen LogP contribution in [0.2, 0.25) is 0 Å². The molecule has 26 heavy (non-hydrogen) atoms. The third kappa shape index (κ3) is 3.86. The highest BCUT2D eigenvalue weighted by Crippen LogP contribution is 2.20. The monoisotopic (exact) mass is 346 g/mol. The van der Waals surface area contributed by atoms with Gasteiger partial charge in [0.25, 0.3) is 0 Å². The number of aromatic amines is 1. The molecule has 1 N–H and O–H groups in total. The van der Waals surface area contributed by atoms with Crippen molar-refractivity contribution in [3.05, 3.63) is 70.3 Å². The standard InChI is InChI=1S/C22H26N4/c1-15-9-20(10-16(2)23-15)11-18-5-4-8-26(13-18)14-19-6-7-21-22(12-19)25-17(3)24-21/h5-7,9-10,12H,4,8,11,13-14H2,1-3H3,(H,24,25). The molecule has 0 atom stereocenters. The van der Waals surface area contributed by atoms with Gasteiger partial charge in [-0.2, -0.15) is 0 Å². The number of H-pyrrole nitrogens is 1. The number of hydrogen-bond donors (Lipinski definition) is 1. The second-order valence-corrected chi connectivity index (χ2v) is 7.47. The van der Waals surface area contributed by atoms with Crippen LogP contribution in [0.3, 0.4) is 0 Å². The molecule has 0 amide bonds. The molecule has 0 saturated carbocycles. The smallest absolute Gasteiger partial charge is 0.104 e. The van der Waals surface area contributed by atoms with Crippen LogP contribution < -0.4 is 0 Å². The number of aromatic nitrogens is 3. The molecule has 3 heterocycles. The zero-order valence-electron chi connectivity index (χ0n) is 15.8. The first-order valence-corrected chi connectivity index (χ1v) is 9.35.